The number of pyridine rings is 1. The van der Waals surface area contributed by atoms with Crippen molar-refractivity contribution in [1.29, 1.82) is 5.26 Å². The first-order chi connectivity index (χ1) is 8.26. The number of esters is 1. The van der Waals surface area contributed by atoms with E-state index in [2.05, 4.69) is 4.98 Å². The molecular weight excluding hydrogens is 218 g/mol. The molecule has 5 heteroatoms. The summed E-state index contributed by atoms with van der Waals surface area (Å²) in [6.45, 7) is 1.78. The van der Waals surface area contributed by atoms with E-state index in [0.717, 1.165) is 25.9 Å². The van der Waals surface area contributed by atoms with Crippen LogP contribution in [0.5, 0.6) is 0 Å². The minimum atomic E-state index is -0.448. The number of ether oxygens (including phenoxy) is 1. The van der Waals surface area contributed by atoms with Crippen molar-refractivity contribution in [2.45, 2.75) is 12.8 Å². The summed E-state index contributed by atoms with van der Waals surface area (Å²) in [5.74, 6) is 0.171. The first kappa shape index (κ1) is 11.4. The number of nitriles is 1. The summed E-state index contributed by atoms with van der Waals surface area (Å²) in [5, 5.41) is 8.82. The molecule has 1 aliphatic rings. The zero-order valence-corrected chi connectivity index (χ0v) is 9.64. The van der Waals surface area contributed by atoms with Gasteiger partial charge in [0.15, 0.2) is 0 Å². The number of rotatable bonds is 2. The molecule has 1 aliphatic heterocycles. The summed E-state index contributed by atoms with van der Waals surface area (Å²) in [7, 11) is 1.33. The van der Waals surface area contributed by atoms with Crippen LogP contribution in [-0.4, -0.2) is 31.2 Å². The molecule has 1 fully saturated rings. The Morgan fingerprint density at radius 1 is 1.53 bits per heavy atom. The fourth-order valence-corrected chi connectivity index (χ4v) is 1.96. The van der Waals surface area contributed by atoms with Gasteiger partial charge in [0.2, 0.25) is 0 Å². The number of hydrogen-bond acceptors (Lipinski definition) is 5. The molecule has 5 nitrogen and oxygen atoms in total. The van der Waals surface area contributed by atoms with Crippen molar-refractivity contribution < 1.29 is 9.53 Å². The average molecular weight is 231 g/mol. The predicted molar refractivity (Wildman–Crippen MR) is 61.7 cm³/mol. The molecule has 1 aromatic heterocycles. The summed E-state index contributed by atoms with van der Waals surface area (Å²) in [5.41, 5.74) is 0.738. The van der Waals surface area contributed by atoms with Gasteiger partial charge in [0.25, 0.3) is 0 Å². The second-order valence-electron chi connectivity index (χ2n) is 3.89. The summed E-state index contributed by atoms with van der Waals surface area (Å²) < 4.78 is 4.72. The highest BCUT2D eigenvalue weighted by molar-refractivity contribution is 5.95. The van der Waals surface area contributed by atoms with Gasteiger partial charge in [0.05, 0.1) is 12.7 Å². The summed E-state index contributed by atoms with van der Waals surface area (Å²) in [4.78, 5) is 17.9. The number of anilines is 1. The molecule has 0 N–H and O–H groups in total. The quantitative estimate of drug-likeness (QED) is 0.718. The SMILES string of the molecule is COC(=O)c1cc(C#N)cnc1N1CCCC1. The van der Waals surface area contributed by atoms with Gasteiger partial charge in [-0.25, -0.2) is 9.78 Å². The van der Waals surface area contributed by atoms with Gasteiger partial charge in [0.1, 0.15) is 17.5 Å². The Kier molecular flexibility index (Phi) is 3.24. The second-order valence-corrected chi connectivity index (χ2v) is 3.89. The van der Waals surface area contributed by atoms with E-state index < -0.39 is 5.97 Å². The van der Waals surface area contributed by atoms with Gasteiger partial charge in [-0.1, -0.05) is 0 Å². The van der Waals surface area contributed by atoms with Crippen LogP contribution in [-0.2, 0) is 4.74 Å². The van der Waals surface area contributed by atoms with Crippen LogP contribution in [0.15, 0.2) is 12.3 Å². The summed E-state index contributed by atoms with van der Waals surface area (Å²) in [6, 6.07) is 3.51. The lowest BCUT2D eigenvalue weighted by Gasteiger charge is -2.18. The predicted octanol–water partition coefficient (Wildman–Crippen LogP) is 1.34. The fraction of sp³-hybridized carbons (Fsp3) is 0.417. The zero-order valence-electron chi connectivity index (χ0n) is 9.64. The largest absolute Gasteiger partial charge is 0.465 e. The van der Waals surface area contributed by atoms with Crippen LogP contribution in [0.3, 0.4) is 0 Å². The van der Waals surface area contributed by atoms with E-state index in [9.17, 15) is 4.79 Å². The van der Waals surface area contributed by atoms with Gasteiger partial charge in [0, 0.05) is 19.3 Å². The van der Waals surface area contributed by atoms with E-state index in [4.69, 9.17) is 10.00 Å². The minimum absolute atomic E-state index is 0.369. The smallest absolute Gasteiger partial charge is 0.341 e. The Bertz CT molecular complexity index is 473. The fourth-order valence-electron chi connectivity index (χ4n) is 1.96. The maximum Gasteiger partial charge on any atom is 0.341 e. The summed E-state index contributed by atoms with van der Waals surface area (Å²) >= 11 is 0. The van der Waals surface area contributed by atoms with Crippen molar-refractivity contribution >= 4 is 11.8 Å². The van der Waals surface area contributed by atoms with Crippen molar-refractivity contribution in [1.82, 2.24) is 4.98 Å². The van der Waals surface area contributed by atoms with E-state index in [0.29, 0.717) is 16.9 Å². The average Bonchev–Trinajstić information content (AvgIpc) is 2.90. The maximum atomic E-state index is 11.7. The molecule has 88 valence electrons. The van der Waals surface area contributed by atoms with Crippen LogP contribution in [0.4, 0.5) is 5.82 Å². The van der Waals surface area contributed by atoms with Crippen molar-refractivity contribution in [3.8, 4) is 6.07 Å². The molecule has 0 saturated carbocycles. The van der Waals surface area contributed by atoms with Crippen molar-refractivity contribution in [3.05, 3.63) is 23.4 Å². The second kappa shape index (κ2) is 4.83. The van der Waals surface area contributed by atoms with Crippen LogP contribution in [0.2, 0.25) is 0 Å². The van der Waals surface area contributed by atoms with Gasteiger partial charge >= 0.3 is 5.97 Å². The van der Waals surface area contributed by atoms with Crippen LogP contribution >= 0.6 is 0 Å². The monoisotopic (exact) mass is 231 g/mol. The standard InChI is InChI=1S/C12H13N3O2/c1-17-12(16)10-6-9(7-13)8-14-11(10)15-4-2-3-5-15/h6,8H,2-5H2,1H3. The molecule has 2 heterocycles. The van der Waals surface area contributed by atoms with E-state index >= 15 is 0 Å². The van der Waals surface area contributed by atoms with E-state index in [-0.39, 0.29) is 0 Å². The normalized spacial score (nSPS) is 14.5. The molecule has 1 aromatic rings. The van der Waals surface area contributed by atoms with Crippen LogP contribution in [0, 0.1) is 11.3 Å². The van der Waals surface area contributed by atoms with Crippen LogP contribution < -0.4 is 4.90 Å². The lowest BCUT2D eigenvalue weighted by atomic mass is 10.2. The molecule has 17 heavy (non-hydrogen) atoms. The Labute approximate surface area is 99.6 Å². The molecule has 0 atom stereocenters. The number of carbonyl (C=O) groups is 1. The van der Waals surface area contributed by atoms with Gasteiger partial charge < -0.3 is 9.64 Å². The molecule has 0 bridgehead atoms. The zero-order chi connectivity index (χ0) is 12.3. The Hall–Kier alpha value is -2.09. The lowest BCUT2D eigenvalue weighted by molar-refractivity contribution is 0.0601. The molecular formula is C12H13N3O2. The third kappa shape index (κ3) is 2.21. The van der Waals surface area contributed by atoms with E-state index in [1.807, 2.05) is 11.0 Å². The highest BCUT2D eigenvalue weighted by Gasteiger charge is 2.21. The third-order valence-corrected chi connectivity index (χ3v) is 2.81. The Balaban J connectivity index is 2.43. The van der Waals surface area contributed by atoms with Crippen molar-refractivity contribution in [2.75, 3.05) is 25.1 Å². The molecule has 2 rings (SSSR count). The molecule has 1 saturated heterocycles. The molecule has 0 aliphatic carbocycles. The van der Waals surface area contributed by atoms with Gasteiger partial charge in [-0.2, -0.15) is 5.26 Å². The number of nitrogens with zero attached hydrogens (tertiary/aromatic N) is 3. The number of methoxy groups -OCH3 is 1. The van der Waals surface area contributed by atoms with Crippen LogP contribution in [0.25, 0.3) is 0 Å². The lowest BCUT2D eigenvalue weighted by Crippen LogP contribution is -2.22. The van der Waals surface area contributed by atoms with Crippen LogP contribution in [0.1, 0.15) is 28.8 Å². The first-order valence-corrected chi connectivity index (χ1v) is 5.49. The number of hydrogen-bond donors (Lipinski definition) is 0. The first-order valence-electron chi connectivity index (χ1n) is 5.49. The highest BCUT2D eigenvalue weighted by Crippen LogP contribution is 2.23. The van der Waals surface area contributed by atoms with Gasteiger partial charge in [-0.05, 0) is 18.9 Å². The molecule has 0 spiro atoms. The van der Waals surface area contributed by atoms with Crippen molar-refractivity contribution in [3.63, 3.8) is 0 Å². The summed E-state index contributed by atoms with van der Waals surface area (Å²) in [6.07, 6.45) is 3.69. The number of aromatic nitrogens is 1. The number of carbonyl (C=O) groups excluding carboxylic acids is 1. The van der Waals surface area contributed by atoms with Gasteiger partial charge in [-0.3, -0.25) is 0 Å². The third-order valence-electron chi connectivity index (χ3n) is 2.81. The van der Waals surface area contributed by atoms with E-state index in [1.165, 1.54) is 19.4 Å². The van der Waals surface area contributed by atoms with Gasteiger partial charge in [-0.15, -0.1) is 0 Å². The molecule has 0 aromatic carbocycles. The Morgan fingerprint density at radius 2 is 2.24 bits per heavy atom. The molecule has 0 unspecified atom stereocenters. The van der Waals surface area contributed by atoms with E-state index in [1.54, 1.807) is 0 Å². The van der Waals surface area contributed by atoms with Crippen molar-refractivity contribution in [2.24, 2.45) is 0 Å². The molecule has 0 amide bonds. The maximum absolute atomic E-state index is 11.7. The minimum Gasteiger partial charge on any atom is -0.465 e. The molecule has 0 radical (unpaired) electrons. The highest BCUT2D eigenvalue weighted by atomic mass is 16.5. The Morgan fingerprint density at radius 3 is 2.82 bits per heavy atom. The topological polar surface area (TPSA) is 66.2 Å².